The van der Waals surface area contributed by atoms with Crippen molar-refractivity contribution in [2.24, 2.45) is 0 Å². The largest absolute Gasteiger partial charge is 0.494 e. The first-order valence-corrected chi connectivity index (χ1v) is 12.0. The Hall–Kier alpha value is -3.54. The van der Waals surface area contributed by atoms with E-state index in [9.17, 15) is 0 Å². The monoisotopic (exact) mass is 460 g/mol. The zero-order valence-corrected chi connectivity index (χ0v) is 20.2. The maximum Gasteiger partial charge on any atom is 0.494 e. The van der Waals surface area contributed by atoms with Crippen LogP contribution in [0.25, 0.3) is 55.0 Å². The standard InChI is InChI=1S/C30H25BO4/c1-29(2)30(3,4)35-31(34-29)19-13-15-22-21-14-12-18(16-26(21)33-27(22)17-19)20-9-7-11-25-28(20)23-8-5-6-10-24(23)32-25/h5-17H,1-4H3. The SMILES string of the molecule is CC1(C)OB(c2ccc3c(c2)oc2cc(-c4cccc5oc6ccccc6c45)ccc23)OC1(C)C. The number of rotatable bonds is 2. The Morgan fingerprint density at radius 1 is 0.571 bits per heavy atom. The minimum Gasteiger partial charge on any atom is -0.456 e. The van der Waals surface area contributed by atoms with E-state index in [-0.39, 0.29) is 11.2 Å². The van der Waals surface area contributed by atoms with Crippen LogP contribution in [-0.4, -0.2) is 18.3 Å². The molecule has 7 rings (SSSR count). The second-order valence-electron chi connectivity index (χ2n) is 10.4. The molecule has 2 aromatic heterocycles. The number of para-hydroxylation sites is 1. The second-order valence-corrected chi connectivity index (χ2v) is 10.4. The van der Waals surface area contributed by atoms with Gasteiger partial charge in [0, 0.05) is 21.5 Å². The van der Waals surface area contributed by atoms with Gasteiger partial charge in [-0.15, -0.1) is 0 Å². The summed E-state index contributed by atoms with van der Waals surface area (Å²) in [5.74, 6) is 0. The molecule has 5 heteroatoms. The molecule has 1 aliphatic rings. The summed E-state index contributed by atoms with van der Waals surface area (Å²) in [7, 11) is -0.417. The number of hydrogen-bond acceptors (Lipinski definition) is 4. The molecular formula is C30H25BO4. The third-order valence-corrected chi connectivity index (χ3v) is 7.74. The molecule has 4 aromatic carbocycles. The summed E-state index contributed by atoms with van der Waals surface area (Å²) in [4.78, 5) is 0. The van der Waals surface area contributed by atoms with E-state index in [1.54, 1.807) is 0 Å². The van der Waals surface area contributed by atoms with Crippen LogP contribution in [0.5, 0.6) is 0 Å². The molecule has 0 saturated carbocycles. The third kappa shape index (κ3) is 3.02. The van der Waals surface area contributed by atoms with Crippen molar-refractivity contribution in [3.8, 4) is 11.1 Å². The van der Waals surface area contributed by atoms with Gasteiger partial charge >= 0.3 is 7.12 Å². The van der Waals surface area contributed by atoms with Crippen molar-refractivity contribution < 1.29 is 18.1 Å². The van der Waals surface area contributed by atoms with Gasteiger partial charge in [0.1, 0.15) is 22.3 Å². The summed E-state index contributed by atoms with van der Waals surface area (Å²) >= 11 is 0. The Bertz CT molecular complexity index is 1760. The van der Waals surface area contributed by atoms with E-state index >= 15 is 0 Å². The predicted octanol–water partition coefficient (Wildman–Crippen LogP) is 7.45. The van der Waals surface area contributed by atoms with Crippen molar-refractivity contribution in [3.63, 3.8) is 0 Å². The zero-order chi connectivity index (χ0) is 23.9. The van der Waals surface area contributed by atoms with E-state index in [4.69, 9.17) is 18.1 Å². The number of furan rings is 2. The Labute approximate surface area is 203 Å². The molecule has 0 unspecified atom stereocenters. The van der Waals surface area contributed by atoms with Crippen LogP contribution in [0.3, 0.4) is 0 Å². The van der Waals surface area contributed by atoms with E-state index < -0.39 is 7.12 Å². The second kappa shape index (κ2) is 7.00. The molecule has 3 heterocycles. The summed E-state index contributed by atoms with van der Waals surface area (Å²) in [6, 6.07) is 27.0. The predicted molar refractivity (Wildman–Crippen MR) is 142 cm³/mol. The molecule has 1 fully saturated rings. The lowest BCUT2D eigenvalue weighted by Gasteiger charge is -2.32. The lowest BCUT2D eigenvalue weighted by molar-refractivity contribution is 0.00578. The maximum absolute atomic E-state index is 6.37. The average molecular weight is 460 g/mol. The summed E-state index contributed by atoms with van der Waals surface area (Å²) in [5.41, 5.74) is 5.90. The fraction of sp³-hybridized carbons (Fsp3) is 0.200. The van der Waals surface area contributed by atoms with Crippen LogP contribution in [0, 0.1) is 0 Å². The average Bonchev–Trinajstić information content (AvgIpc) is 3.46. The first-order valence-electron chi connectivity index (χ1n) is 12.0. The van der Waals surface area contributed by atoms with E-state index in [2.05, 4.69) is 70.2 Å². The molecule has 0 radical (unpaired) electrons. The van der Waals surface area contributed by atoms with E-state index in [0.717, 1.165) is 60.5 Å². The Morgan fingerprint density at radius 2 is 1.23 bits per heavy atom. The van der Waals surface area contributed by atoms with Gasteiger partial charge in [0.25, 0.3) is 0 Å². The minimum absolute atomic E-state index is 0.381. The minimum atomic E-state index is -0.417. The maximum atomic E-state index is 6.37. The van der Waals surface area contributed by atoms with E-state index in [1.807, 2.05) is 36.4 Å². The Kier molecular flexibility index (Phi) is 4.16. The first-order chi connectivity index (χ1) is 16.8. The highest BCUT2D eigenvalue weighted by Gasteiger charge is 2.51. The van der Waals surface area contributed by atoms with Gasteiger partial charge in [-0.25, -0.2) is 0 Å². The number of hydrogen-bond donors (Lipinski definition) is 0. The molecular weight excluding hydrogens is 435 g/mol. The highest BCUT2D eigenvalue weighted by atomic mass is 16.7. The molecule has 0 atom stereocenters. The molecule has 1 aliphatic heterocycles. The highest BCUT2D eigenvalue weighted by molar-refractivity contribution is 6.62. The van der Waals surface area contributed by atoms with Crippen LogP contribution >= 0.6 is 0 Å². The smallest absolute Gasteiger partial charge is 0.456 e. The van der Waals surface area contributed by atoms with Crippen molar-refractivity contribution in [3.05, 3.63) is 78.9 Å². The van der Waals surface area contributed by atoms with Crippen molar-refractivity contribution in [1.82, 2.24) is 0 Å². The Morgan fingerprint density at radius 3 is 2.03 bits per heavy atom. The molecule has 4 nitrogen and oxygen atoms in total. The molecule has 35 heavy (non-hydrogen) atoms. The van der Waals surface area contributed by atoms with E-state index in [0.29, 0.717) is 0 Å². The molecule has 6 aromatic rings. The van der Waals surface area contributed by atoms with E-state index in [1.165, 1.54) is 0 Å². The lowest BCUT2D eigenvalue weighted by atomic mass is 9.79. The van der Waals surface area contributed by atoms with Crippen molar-refractivity contribution in [2.45, 2.75) is 38.9 Å². The summed E-state index contributed by atoms with van der Waals surface area (Å²) in [5, 5.41) is 4.42. The fourth-order valence-corrected chi connectivity index (χ4v) is 5.10. The number of benzene rings is 4. The van der Waals surface area contributed by atoms with Gasteiger partial charge < -0.3 is 18.1 Å². The molecule has 0 aliphatic carbocycles. The lowest BCUT2D eigenvalue weighted by Crippen LogP contribution is -2.41. The van der Waals surface area contributed by atoms with Gasteiger partial charge in [0.2, 0.25) is 0 Å². The number of fused-ring (bicyclic) bond motifs is 6. The van der Waals surface area contributed by atoms with Crippen LogP contribution < -0.4 is 5.46 Å². The molecule has 0 amide bonds. The van der Waals surface area contributed by atoms with Crippen LogP contribution in [0.1, 0.15) is 27.7 Å². The molecule has 0 spiro atoms. The fourth-order valence-electron chi connectivity index (χ4n) is 5.10. The first kappa shape index (κ1) is 20.8. The van der Waals surface area contributed by atoms with Gasteiger partial charge in [-0.3, -0.25) is 0 Å². The Balaban J connectivity index is 1.35. The van der Waals surface area contributed by atoms with Gasteiger partial charge in [-0.1, -0.05) is 48.5 Å². The van der Waals surface area contributed by atoms with Gasteiger partial charge in [0.15, 0.2) is 0 Å². The van der Waals surface area contributed by atoms with Gasteiger partial charge in [-0.05, 0) is 74.6 Å². The molecule has 0 bridgehead atoms. The summed E-state index contributed by atoms with van der Waals surface area (Å²) in [6.45, 7) is 8.27. The highest BCUT2D eigenvalue weighted by Crippen LogP contribution is 2.39. The van der Waals surface area contributed by atoms with Gasteiger partial charge in [0.05, 0.1) is 11.2 Å². The summed E-state index contributed by atoms with van der Waals surface area (Å²) in [6.07, 6.45) is 0. The van der Waals surface area contributed by atoms with Crippen LogP contribution in [0.15, 0.2) is 87.7 Å². The summed E-state index contributed by atoms with van der Waals surface area (Å²) < 4.78 is 25.0. The van der Waals surface area contributed by atoms with Crippen molar-refractivity contribution in [2.75, 3.05) is 0 Å². The van der Waals surface area contributed by atoms with Crippen molar-refractivity contribution >= 4 is 56.5 Å². The van der Waals surface area contributed by atoms with Crippen molar-refractivity contribution in [1.29, 1.82) is 0 Å². The van der Waals surface area contributed by atoms with Crippen LogP contribution in [0.2, 0.25) is 0 Å². The van der Waals surface area contributed by atoms with Gasteiger partial charge in [-0.2, -0.15) is 0 Å². The molecule has 0 N–H and O–H groups in total. The zero-order valence-electron chi connectivity index (χ0n) is 20.2. The molecule has 172 valence electrons. The van der Waals surface area contributed by atoms with Crippen LogP contribution in [-0.2, 0) is 9.31 Å². The quantitative estimate of drug-likeness (QED) is 0.252. The third-order valence-electron chi connectivity index (χ3n) is 7.74. The molecule has 1 saturated heterocycles. The van der Waals surface area contributed by atoms with Crippen LogP contribution in [0.4, 0.5) is 0 Å². The normalized spacial score (nSPS) is 17.3. The topological polar surface area (TPSA) is 44.7 Å².